The van der Waals surface area contributed by atoms with Crippen molar-refractivity contribution in [3.63, 3.8) is 0 Å². The standard InChI is InChI=1S/C26H21ClF2N4O2/c1-3-21-24(26(34)32-22(12-30)16-7-9-17(27)10-8-16)33-13-15(2)11-23(25(33)31-21)35-14-18-19(28)5-4-6-20(18)29/h4-11,13,22H,3,14H2,1-2H3,(H,32,34). The fraction of sp³-hybridized carbons (Fsp3) is 0.192. The van der Waals surface area contributed by atoms with Gasteiger partial charge in [0.1, 0.15) is 30.0 Å². The second-order valence-electron chi connectivity index (χ2n) is 7.91. The van der Waals surface area contributed by atoms with Crippen LogP contribution in [0.1, 0.15) is 45.8 Å². The minimum Gasteiger partial charge on any atom is -0.485 e. The second-order valence-corrected chi connectivity index (χ2v) is 8.35. The number of rotatable bonds is 7. The van der Waals surface area contributed by atoms with Crippen molar-refractivity contribution < 1.29 is 18.3 Å². The van der Waals surface area contributed by atoms with Crippen LogP contribution in [0.25, 0.3) is 5.65 Å². The summed E-state index contributed by atoms with van der Waals surface area (Å²) < 4.78 is 35.5. The highest BCUT2D eigenvalue weighted by Gasteiger charge is 2.24. The maximum absolute atomic E-state index is 14.1. The number of carbonyl (C=O) groups is 1. The number of pyridine rings is 1. The highest BCUT2D eigenvalue weighted by molar-refractivity contribution is 6.30. The molecule has 6 nitrogen and oxygen atoms in total. The summed E-state index contributed by atoms with van der Waals surface area (Å²) in [5.41, 5.74) is 2.20. The third kappa shape index (κ3) is 4.96. The summed E-state index contributed by atoms with van der Waals surface area (Å²) in [7, 11) is 0. The van der Waals surface area contributed by atoms with Crippen LogP contribution in [0.2, 0.25) is 5.02 Å². The molecule has 178 valence electrons. The molecule has 0 spiro atoms. The van der Waals surface area contributed by atoms with E-state index in [1.807, 2.05) is 6.92 Å². The highest BCUT2D eigenvalue weighted by Crippen LogP contribution is 2.27. The van der Waals surface area contributed by atoms with Gasteiger partial charge in [-0.25, -0.2) is 13.8 Å². The van der Waals surface area contributed by atoms with Gasteiger partial charge < -0.3 is 10.1 Å². The Balaban J connectivity index is 1.69. The first-order valence-corrected chi connectivity index (χ1v) is 11.2. The number of hydrogen-bond donors (Lipinski definition) is 1. The number of imidazole rings is 1. The van der Waals surface area contributed by atoms with Crippen LogP contribution in [0.5, 0.6) is 5.75 Å². The van der Waals surface area contributed by atoms with E-state index < -0.39 is 23.6 Å². The Hall–Kier alpha value is -3.96. The molecule has 0 bridgehead atoms. The predicted octanol–water partition coefficient (Wildman–Crippen LogP) is 5.71. The van der Waals surface area contributed by atoms with Crippen LogP contribution >= 0.6 is 11.6 Å². The average molecular weight is 495 g/mol. The number of nitriles is 1. The molecule has 0 aliphatic rings. The van der Waals surface area contributed by atoms with Gasteiger partial charge in [0.25, 0.3) is 5.91 Å². The number of hydrogen-bond acceptors (Lipinski definition) is 4. The van der Waals surface area contributed by atoms with Gasteiger partial charge >= 0.3 is 0 Å². The molecule has 1 amide bonds. The fourth-order valence-corrected chi connectivity index (χ4v) is 3.88. The Morgan fingerprint density at radius 1 is 1.23 bits per heavy atom. The van der Waals surface area contributed by atoms with E-state index in [4.69, 9.17) is 16.3 Å². The molecule has 35 heavy (non-hydrogen) atoms. The number of amides is 1. The van der Waals surface area contributed by atoms with E-state index in [0.29, 0.717) is 28.3 Å². The molecule has 0 radical (unpaired) electrons. The molecule has 0 saturated heterocycles. The van der Waals surface area contributed by atoms with Gasteiger partial charge in [-0.05, 0) is 54.8 Å². The number of halogens is 3. The van der Waals surface area contributed by atoms with Gasteiger partial charge in [-0.1, -0.05) is 36.7 Å². The van der Waals surface area contributed by atoms with Crippen LogP contribution in [0.3, 0.4) is 0 Å². The van der Waals surface area contributed by atoms with Crippen LogP contribution < -0.4 is 10.1 Å². The Labute approximate surface area is 205 Å². The fourth-order valence-electron chi connectivity index (χ4n) is 3.75. The number of fused-ring (bicyclic) bond motifs is 1. The lowest BCUT2D eigenvalue weighted by molar-refractivity contribution is 0.0938. The first kappa shape index (κ1) is 24.2. The topological polar surface area (TPSA) is 79.4 Å². The SMILES string of the molecule is CCc1nc2c(OCc3c(F)cccc3F)cc(C)cn2c1C(=O)NC(C#N)c1ccc(Cl)cc1. The second kappa shape index (κ2) is 10.1. The summed E-state index contributed by atoms with van der Waals surface area (Å²) in [5, 5.41) is 12.9. The number of aryl methyl sites for hydroxylation is 2. The third-order valence-corrected chi connectivity index (χ3v) is 5.74. The van der Waals surface area contributed by atoms with E-state index in [1.165, 1.54) is 6.07 Å². The van der Waals surface area contributed by atoms with E-state index in [2.05, 4.69) is 16.4 Å². The molecule has 0 aliphatic carbocycles. The monoisotopic (exact) mass is 494 g/mol. The van der Waals surface area contributed by atoms with Gasteiger partial charge in [-0.15, -0.1) is 0 Å². The number of aromatic nitrogens is 2. The zero-order valence-corrected chi connectivity index (χ0v) is 19.7. The summed E-state index contributed by atoms with van der Waals surface area (Å²) in [6, 6.07) is 13.1. The number of nitrogens with zero attached hydrogens (tertiary/aromatic N) is 3. The van der Waals surface area contributed by atoms with Crippen molar-refractivity contribution in [2.75, 3.05) is 0 Å². The molecule has 0 saturated carbocycles. The molecule has 4 aromatic rings. The summed E-state index contributed by atoms with van der Waals surface area (Å²) in [6.45, 7) is 3.30. The number of ether oxygens (including phenoxy) is 1. The minimum absolute atomic E-state index is 0.202. The summed E-state index contributed by atoms with van der Waals surface area (Å²) in [6.07, 6.45) is 2.15. The lowest BCUT2D eigenvalue weighted by Crippen LogP contribution is -2.29. The van der Waals surface area contributed by atoms with Crippen molar-refractivity contribution in [2.45, 2.75) is 32.9 Å². The molecule has 2 heterocycles. The van der Waals surface area contributed by atoms with Crippen LogP contribution in [-0.4, -0.2) is 15.3 Å². The lowest BCUT2D eigenvalue weighted by atomic mass is 10.1. The van der Waals surface area contributed by atoms with E-state index >= 15 is 0 Å². The summed E-state index contributed by atoms with van der Waals surface area (Å²) in [4.78, 5) is 17.9. The Kier molecular flexibility index (Phi) is 6.99. The quantitative estimate of drug-likeness (QED) is 0.357. The molecule has 1 N–H and O–H groups in total. The van der Waals surface area contributed by atoms with Crippen LogP contribution in [0.4, 0.5) is 8.78 Å². The lowest BCUT2D eigenvalue weighted by Gasteiger charge is -2.14. The first-order chi connectivity index (χ1) is 16.8. The molecule has 1 unspecified atom stereocenters. The number of benzene rings is 2. The van der Waals surface area contributed by atoms with E-state index in [9.17, 15) is 18.8 Å². The molecule has 4 rings (SSSR count). The Morgan fingerprint density at radius 3 is 2.54 bits per heavy atom. The van der Waals surface area contributed by atoms with Gasteiger partial charge in [0.15, 0.2) is 11.4 Å². The molecule has 9 heteroatoms. The van der Waals surface area contributed by atoms with Crippen molar-refractivity contribution in [1.29, 1.82) is 5.26 Å². The molecular weight excluding hydrogens is 474 g/mol. The van der Waals surface area contributed by atoms with E-state index in [-0.39, 0.29) is 23.6 Å². The number of carbonyl (C=O) groups excluding carboxylic acids is 1. The van der Waals surface area contributed by atoms with Crippen molar-refractivity contribution in [3.8, 4) is 11.8 Å². The highest BCUT2D eigenvalue weighted by atomic mass is 35.5. The zero-order valence-electron chi connectivity index (χ0n) is 19.0. The van der Waals surface area contributed by atoms with Crippen molar-refractivity contribution >= 4 is 23.2 Å². The van der Waals surface area contributed by atoms with Gasteiger partial charge in [0, 0.05) is 11.2 Å². The Morgan fingerprint density at radius 2 is 1.91 bits per heavy atom. The molecule has 0 fully saturated rings. The molecule has 2 aromatic carbocycles. The Bertz CT molecular complexity index is 1420. The minimum atomic E-state index is -0.903. The molecule has 0 aliphatic heterocycles. The first-order valence-electron chi connectivity index (χ1n) is 10.9. The van der Waals surface area contributed by atoms with E-state index in [0.717, 1.165) is 17.7 Å². The van der Waals surface area contributed by atoms with Crippen molar-refractivity contribution in [2.24, 2.45) is 0 Å². The zero-order chi connectivity index (χ0) is 25.1. The molecule has 1 atom stereocenters. The van der Waals surface area contributed by atoms with Gasteiger partial charge in [-0.3, -0.25) is 9.20 Å². The molecule has 2 aromatic heterocycles. The average Bonchev–Trinajstić information content (AvgIpc) is 3.21. The summed E-state index contributed by atoms with van der Waals surface area (Å²) >= 11 is 5.93. The van der Waals surface area contributed by atoms with Crippen LogP contribution in [0, 0.1) is 29.9 Å². The molecular formula is C26H21ClF2N4O2. The smallest absolute Gasteiger partial charge is 0.271 e. The largest absolute Gasteiger partial charge is 0.485 e. The van der Waals surface area contributed by atoms with Crippen LogP contribution in [-0.2, 0) is 13.0 Å². The summed E-state index contributed by atoms with van der Waals surface area (Å²) in [5.74, 6) is -1.64. The van der Waals surface area contributed by atoms with Crippen LogP contribution in [0.15, 0.2) is 54.7 Å². The van der Waals surface area contributed by atoms with Crippen molar-refractivity contribution in [3.05, 3.63) is 99.5 Å². The normalized spacial score (nSPS) is 11.8. The van der Waals surface area contributed by atoms with E-state index in [1.54, 1.807) is 47.9 Å². The maximum Gasteiger partial charge on any atom is 0.271 e. The van der Waals surface area contributed by atoms with Crippen molar-refractivity contribution in [1.82, 2.24) is 14.7 Å². The maximum atomic E-state index is 14.1. The van der Waals surface area contributed by atoms with Gasteiger partial charge in [0.05, 0.1) is 17.3 Å². The van der Waals surface area contributed by atoms with Gasteiger partial charge in [-0.2, -0.15) is 5.26 Å². The van der Waals surface area contributed by atoms with Gasteiger partial charge in [0.2, 0.25) is 0 Å². The number of nitrogens with one attached hydrogen (secondary N) is 1. The third-order valence-electron chi connectivity index (χ3n) is 5.49. The predicted molar refractivity (Wildman–Crippen MR) is 127 cm³/mol.